The quantitative estimate of drug-likeness (QED) is 0.788. The van der Waals surface area contributed by atoms with Crippen molar-refractivity contribution >= 4 is 11.6 Å². The molecule has 0 saturated carbocycles. The van der Waals surface area contributed by atoms with Crippen LogP contribution in [0.1, 0.15) is 24.8 Å². The van der Waals surface area contributed by atoms with Crippen LogP contribution in [0.3, 0.4) is 0 Å². The summed E-state index contributed by atoms with van der Waals surface area (Å²) in [6, 6.07) is 8.00. The predicted octanol–water partition coefficient (Wildman–Crippen LogP) is 1.08. The number of nitrogens with zero attached hydrogens (tertiary/aromatic N) is 1. The first-order valence-electron chi connectivity index (χ1n) is 6.95. The van der Waals surface area contributed by atoms with Gasteiger partial charge < -0.3 is 16.0 Å². The van der Waals surface area contributed by atoms with E-state index >= 15 is 0 Å². The van der Waals surface area contributed by atoms with Crippen LogP contribution < -0.4 is 16.0 Å². The van der Waals surface area contributed by atoms with Crippen molar-refractivity contribution in [1.82, 2.24) is 5.32 Å². The zero-order valence-electron chi connectivity index (χ0n) is 11.8. The molecule has 1 aromatic carbocycles. The molecule has 1 aromatic rings. The van der Waals surface area contributed by atoms with Crippen LogP contribution in [0.5, 0.6) is 0 Å². The van der Waals surface area contributed by atoms with E-state index in [9.17, 15) is 4.79 Å². The van der Waals surface area contributed by atoms with Crippen LogP contribution >= 0.6 is 0 Å². The lowest BCUT2D eigenvalue weighted by molar-refractivity contribution is -0.121. The number of nitrogens with one attached hydrogen (secondary N) is 1. The standard InChI is InChI=1S/C16H21N3O/c1-3-10-18-16(20)12(2)19-11-13(8-9-17)14-6-4-5-7-15(14)19/h1,4-7,12-13H,8-11,17H2,2H3,(H,18,20). The second-order valence-electron chi connectivity index (χ2n) is 5.08. The lowest BCUT2D eigenvalue weighted by Gasteiger charge is -2.26. The zero-order chi connectivity index (χ0) is 14.5. The minimum Gasteiger partial charge on any atom is -0.359 e. The fourth-order valence-electron chi connectivity index (χ4n) is 2.77. The summed E-state index contributed by atoms with van der Waals surface area (Å²) in [5.74, 6) is 2.79. The van der Waals surface area contributed by atoms with Gasteiger partial charge in [0.05, 0.1) is 6.54 Å². The number of hydrogen-bond donors (Lipinski definition) is 2. The fraction of sp³-hybridized carbons (Fsp3) is 0.438. The summed E-state index contributed by atoms with van der Waals surface area (Å²) < 4.78 is 0. The third-order valence-electron chi connectivity index (χ3n) is 3.83. The Bertz CT molecular complexity index is 521. The minimum atomic E-state index is -0.229. The molecule has 1 aliphatic rings. The van der Waals surface area contributed by atoms with Crippen LogP contribution in [0, 0.1) is 12.3 Å². The van der Waals surface area contributed by atoms with Crippen molar-refractivity contribution in [3.8, 4) is 12.3 Å². The highest BCUT2D eigenvalue weighted by molar-refractivity contribution is 5.86. The molecule has 1 heterocycles. The number of fused-ring (bicyclic) bond motifs is 1. The summed E-state index contributed by atoms with van der Waals surface area (Å²) in [6.45, 7) is 3.67. The highest BCUT2D eigenvalue weighted by Crippen LogP contribution is 2.38. The Balaban J connectivity index is 2.18. The molecule has 2 unspecified atom stereocenters. The van der Waals surface area contributed by atoms with E-state index in [-0.39, 0.29) is 18.5 Å². The molecule has 0 radical (unpaired) electrons. The largest absolute Gasteiger partial charge is 0.359 e. The van der Waals surface area contributed by atoms with E-state index in [2.05, 4.69) is 28.3 Å². The second-order valence-corrected chi connectivity index (χ2v) is 5.08. The van der Waals surface area contributed by atoms with Crippen LogP contribution in [-0.4, -0.2) is 31.6 Å². The van der Waals surface area contributed by atoms with Gasteiger partial charge in [-0.25, -0.2) is 0 Å². The van der Waals surface area contributed by atoms with E-state index < -0.39 is 0 Å². The van der Waals surface area contributed by atoms with Gasteiger partial charge in [0.25, 0.3) is 0 Å². The summed E-state index contributed by atoms with van der Waals surface area (Å²) in [4.78, 5) is 14.2. The van der Waals surface area contributed by atoms with E-state index in [4.69, 9.17) is 12.2 Å². The number of carbonyl (C=O) groups excluding carboxylic acids is 1. The Kier molecular flexibility index (Phi) is 4.65. The SMILES string of the molecule is C#CCNC(=O)C(C)N1CC(CCN)c2ccccc21. The van der Waals surface area contributed by atoms with Crippen LogP contribution in [-0.2, 0) is 4.79 Å². The summed E-state index contributed by atoms with van der Waals surface area (Å²) in [5, 5.41) is 2.75. The monoisotopic (exact) mass is 271 g/mol. The minimum absolute atomic E-state index is 0.0360. The zero-order valence-corrected chi connectivity index (χ0v) is 11.8. The maximum absolute atomic E-state index is 12.1. The number of benzene rings is 1. The molecule has 4 heteroatoms. The van der Waals surface area contributed by atoms with Gasteiger partial charge in [-0.1, -0.05) is 24.1 Å². The maximum atomic E-state index is 12.1. The Morgan fingerprint density at radius 2 is 2.35 bits per heavy atom. The molecule has 2 atom stereocenters. The molecule has 0 saturated heterocycles. The molecule has 106 valence electrons. The van der Waals surface area contributed by atoms with E-state index in [1.165, 1.54) is 5.56 Å². The Labute approximate surface area is 120 Å². The molecule has 3 N–H and O–H groups in total. The van der Waals surface area contributed by atoms with Crippen LogP contribution in [0.2, 0.25) is 0 Å². The van der Waals surface area contributed by atoms with Gasteiger partial charge >= 0.3 is 0 Å². The Hall–Kier alpha value is -1.99. The average Bonchev–Trinajstić information content (AvgIpc) is 2.83. The Morgan fingerprint density at radius 3 is 3.05 bits per heavy atom. The van der Waals surface area contributed by atoms with Gasteiger partial charge in [0, 0.05) is 18.2 Å². The lowest BCUT2D eigenvalue weighted by atomic mass is 9.98. The topological polar surface area (TPSA) is 58.4 Å². The first kappa shape index (κ1) is 14.4. The van der Waals surface area contributed by atoms with Gasteiger partial charge in [0.1, 0.15) is 6.04 Å². The molecule has 0 spiro atoms. The molecular weight excluding hydrogens is 250 g/mol. The van der Waals surface area contributed by atoms with Crippen LogP contribution in [0.4, 0.5) is 5.69 Å². The number of para-hydroxylation sites is 1. The summed E-state index contributed by atoms with van der Waals surface area (Å²) in [6.07, 6.45) is 6.11. The molecule has 4 nitrogen and oxygen atoms in total. The maximum Gasteiger partial charge on any atom is 0.243 e. The first-order chi connectivity index (χ1) is 9.69. The number of hydrogen-bond acceptors (Lipinski definition) is 3. The van der Waals surface area contributed by atoms with Crippen molar-refractivity contribution in [2.24, 2.45) is 5.73 Å². The average molecular weight is 271 g/mol. The molecular formula is C16H21N3O. The van der Waals surface area contributed by atoms with Crippen molar-refractivity contribution in [3.63, 3.8) is 0 Å². The second kappa shape index (κ2) is 6.44. The third kappa shape index (κ3) is 2.78. The highest BCUT2D eigenvalue weighted by Gasteiger charge is 2.32. The highest BCUT2D eigenvalue weighted by atomic mass is 16.2. The molecule has 0 bridgehead atoms. The van der Waals surface area contributed by atoms with E-state index in [0.29, 0.717) is 12.5 Å². The van der Waals surface area contributed by atoms with Crippen LogP contribution in [0.15, 0.2) is 24.3 Å². The smallest absolute Gasteiger partial charge is 0.243 e. The Morgan fingerprint density at radius 1 is 1.60 bits per heavy atom. The van der Waals surface area contributed by atoms with E-state index in [0.717, 1.165) is 18.7 Å². The van der Waals surface area contributed by atoms with Crippen molar-refractivity contribution < 1.29 is 4.79 Å². The molecule has 1 aliphatic heterocycles. The van der Waals surface area contributed by atoms with Gasteiger partial charge in [0.2, 0.25) is 5.91 Å². The lowest BCUT2D eigenvalue weighted by Crippen LogP contribution is -2.45. The number of amides is 1. The van der Waals surface area contributed by atoms with Crippen molar-refractivity contribution in [3.05, 3.63) is 29.8 Å². The van der Waals surface area contributed by atoms with Gasteiger partial charge in [-0.2, -0.15) is 0 Å². The van der Waals surface area contributed by atoms with E-state index in [1.54, 1.807) is 0 Å². The molecule has 1 amide bonds. The van der Waals surface area contributed by atoms with Crippen molar-refractivity contribution in [2.75, 3.05) is 24.5 Å². The summed E-state index contributed by atoms with van der Waals surface area (Å²) >= 11 is 0. The van der Waals surface area contributed by atoms with E-state index in [1.807, 2.05) is 19.1 Å². The van der Waals surface area contributed by atoms with Gasteiger partial charge in [-0.15, -0.1) is 6.42 Å². The first-order valence-corrected chi connectivity index (χ1v) is 6.95. The normalized spacial score (nSPS) is 18.2. The third-order valence-corrected chi connectivity index (χ3v) is 3.83. The molecule has 0 aromatic heterocycles. The molecule has 0 fully saturated rings. The summed E-state index contributed by atoms with van der Waals surface area (Å²) in [5.41, 5.74) is 8.11. The number of anilines is 1. The van der Waals surface area contributed by atoms with Crippen LogP contribution in [0.25, 0.3) is 0 Å². The number of nitrogens with two attached hydrogens (primary N) is 1. The predicted molar refractivity (Wildman–Crippen MR) is 81.5 cm³/mol. The summed E-state index contributed by atoms with van der Waals surface area (Å²) in [7, 11) is 0. The molecule has 20 heavy (non-hydrogen) atoms. The van der Waals surface area contributed by atoms with Gasteiger partial charge in [-0.3, -0.25) is 4.79 Å². The van der Waals surface area contributed by atoms with Crippen molar-refractivity contribution in [1.29, 1.82) is 0 Å². The van der Waals surface area contributed by atoms with Gasteiger partial charge in [-0.05, 0) is 31.5 Å². The van der Waals surface area contributed by atoms with Gasteiger partial charge in [0.15, 0.2) is 0 Å². The fourth-order valence-corrected chi connectivity index (χ4v) is 2.77. The molecule has 0 aliphatic carbocycles. The number of rotatable bonds is 5. The van der Waals surface area contributed by atoms with Crippen molar-refractivity contribution in [2.45, 2.75) is 25.3 Å². The molecule has 2 rings (SSSR count). The number of carbonyl (C=O) groups is 1. The number of terminal acetylenes is 1.